The maximum atomic E-state index is 12.7. The summed E-state index contributed by atoms with van der Waals surface area (Å²) in [5, 5.41) is 15.3. The minimum atomic E-state index is -0.0154. The van der Waals surface area contributed by atoms with E-state index in [1.165, 1.54) is 19.3 Å². The first kappa shape index (κ1) is 18.9. The smallest absolute Gasteiger partial charge is 0.276 e. The van der Waals surface area contributed by atoms with Gasteiger partial charge in [-0.1, -0.05) is 17.7 Å². The molecule has 2 saturated heterocycles. The van der Waals surface area contributed by atoms with Gasteiger partial charge in [-0.15, -0.1) is 5.10 Å². The second kappa shape index (κ2) is 9.14. The van der Waals surface area contributed by atoms with Crippen molar-refractivity contribution in [1.82, 2.24) is 30.2 Å². The number of amides is 1. The molecule has 4 heterocycles. The van der Waals surface area contributed by atoms with Crippen molar-refractivity contribution < 1.29 is 4.79 Å². The maximum Gasteiger partial charge on any atom is 0.276 e. The summed E-state index contributed by atoms with van der Waals surface area (Å²) in [7, 11) is 0. The third-order valence-corrected chi connectivity index (χ3v) is 5.68. The third-order valence-electron chi connectivity index (χ3n) is 5.68. The molecule has 2 aliphatic heterocycles. The summed E-state index contributed by atoms with van der Waals surface area (Å²) < 4.78 is 1.80. The molecule has 0 spiro atoms. The molecule has 4 rings (SSSR count). The first-order chi connectivity index (χ1) is 13.8. The largest absolute Gasteiger partial charge is 0.367 e. The van der Waals surface area contributed by atoms with E-state index >= 15 is 0 Å². The highest BCUT2D eigenvalue weighted by Gasteiger charge is 2.25. The van der Waals surface area contributed by atoms with Crippen LogP contribution in [0, 0.1) is 0 Å². The van der Waals surface area contributed by atoms with E-state index in [1.54, 1.807) is 17.1 Å². The van der Waals surface area contributed by atoms with Crippen LogP contribution in [0.5, 0.6) is 0 Å². The van der Waals surface area contributed by atoms with Crippen molar-refractivity contribution in [3.63, 3.8) is 0 Å². The average Bonchev–Trinajstić information content (AvgIpc) is 3.23. The fourth-order valence-electron chi connectivity index (χ4n) is 4.01. The van der Waals surface area contributed by atoms with Gasteiger partial charge in [0.2, 0.25) is 0 Å². The molecule has 8 nitrogen and oxygen atoms in total. The molecule has 1 atom stereocenters. The van der Waals surface area contributed by atoms with Crippen molar-refractivity contribution in [2.75, 3.05) is 25.0 Å². The number of anilines is 1. The fraction of sp³-hybridized carbons (Fsp3) is 0.600. The first-order valence-corrected chi connectivity index (χ1v) is 10.4. The highest BCUT2D eigenvalue weighted by molar-refractivity contribution is 5.92. The van der Waals surface area contributed by atoms with Crippen LogP contribution in [0.2, 0.25) is 0 Å². The van der Waals surface area contributed by atoms with Gasteiger partial charge in [-0.2, -0.15) is 0 Å². The van der Waals surface area contributed by atoms with E-state index in [1.807, 2.05) is 23.1 Å². The predicted octanol–water partition coefficient (Wildman–Crippen LogP) is 1.92. The van der Waals surface area contributed by atoms with E-state index in [2.05, 4.69) is 25.9 Å². The minimum Gasteiger partial charge on any atom is -0.367 e. The molecule has 28 heavy (non-hydrogen) atoms. The number of carbonyl (C=O) groups excluding carboxylic acids is 1. The van der Waals surface area contributed by atoms with Gasteiger partial charge in [-0.25, -0.2) is 4.98 Å². The van der Waals surface area contributed by atoms with Gasteiger partial charge < -0.3 is 15.5 Å². The van der Waals surface area contributed by atoms with Gasteiger partial charge in [0.15, 0.2) is 5.69 Å². The van der Waals surface area contributed by atoms with Crippen molar-refractivity contribution in [3.8, 4) is 0 Å². The third kappa shape index (κ3) is 4.86. The normalized spacial score (nSPS) is 20.9. The topological polar surface area (TPSA) is 88.0 Å². The Morgan fingerprint density at radius 2 is 2.11 bits per heavy atom. The van der Waals surface area contributed by atoms with Gasteiger partial charge in [0, 0.05) is 37.9 Å². The van der Waals surface area contributed by atoms with Crippen LogP contribution < -0.4 is 10.6 Å². The zero-order valence-electron chi connectivity index (χ0n) is 16.3. The van der Waals surface area contributed by atoms with Crippen LogP contribution in [0.25, 0.3) is 0 Å². The van der Waals surface area contributed by atoms with Crippen LogP contribution in [0.3, 0.4) is 0 Å². The number of nitrogens with zero attached hydrogens (tertiary/aromatic N) is 5. The lowest BCUT2D eigenvalue weighted by Crippen LogP contribution is -2.42. The summed E-state index contributed by atoms with van der Waals surface area (Å²) in [4.78, 5) is 18.9. The summed E-state index contributed by atoms with van der Waals surface area (Å²) in [6, 6.07) is 6.76. The number of piperidine rings is 2. The van der Waals surface area contributed by atoms with Crippen molar-refractivity contribution in [1.29, 1.82) is 0 Å². The molecule has 8 heteroatoms. The number of aryl methyl sites for hydroxylation is 1. The van der Waals surface area contributed by atoms with Gasteiger partial charge in [0.25, 0.3) is 5.91 Å². The first-order valence-electron chi connectivity index (χ1n) is 10.4. The summed E-state index contributed by atoms with van der Waals surface area (Å²) in [5.41, 5.74) is 0.452. The Bertz CT molecular complexity index is 749. The number of pyridine rings is 1. The second-order valence-corrected chi connectivity index (χ2v) is 7.73. The molecule has 0 radical (unpaired) electrons. The Morgan fingerprint density at radius 1 is 1.21 bits per heavy atom. The van der Waals surface area contributed by atoms with E-state index in [4.69, 9.17) is 0 Å². The number of nitrogens with one attached hydrogen (secondary N) is 2. The molecule has 150 valence electrons. The molecule has 0 bridgehead atoms. The molecule has 2 fully saturated rings. The number of rotatable bonds is 6. The lowest BCUT2D eigenvalue weighted by Gasteiger charge is -2.32. The predicted molar refractivity (Wildman–Crippen MR) is 107 cm³/mol. The quantitative estimate of drug-likeness (QED) is 0.792. The minimum absolute atomic E-state index is 0.0154. The van der Waals surface area contributed by atoms with E-state index in [0.29, 0.717) is 17.8 Å². The SMILES string of the molecule is O=C(c1cn(CC[C@@H]2CCCCN2)nn1)N1CCC(Nc2ccccn2)CC1. The highest BCUT2D eigenvalue weighted by Crippen LogP contribution is 2.17. The van der Waals surface area contributed by atoms with Crippen molar-refractivity contribution in [2.45, 2.75) is 57.2 Å². The Morgan fingerprint density at radius 3 is 2.86 bits per heavy atom. The standard InChI is InChI=1S/C20H29N7O/c28-20(18-15-27(25-24-18)14-9-16-5-1-3-10-21-16)26-12-7-17(8-13-26)23-19-6-2-4-11-22-19/h2,4,6,11,15-17,21H,1,3,5,7-10,12-14H2,(H,22,23)/t16-/m0/s1. The van der Waals surface area contributed by atoms with E-state index < -0.39 is 0 Å². The maximum absolute atomic E-state index is 12.7. The Kier molecular flexibility index (Phi) is 6.16. The number of hydrogen-bond donors (Lipinski definition) is 2. The van der Waals surface area contributed by atoms with Crippen molar-refractivity contribution in [3.05, 3.63) is 36.3 Å². The van der Waals surface area contributed by atoms with Crippen LogP contribution >= 0.6 is 0 Å². The molecule has 0 aliphatic carbocycles. The number of carbonyl (C=O) groups is 1. The second-order valence-electron chi connectivity index (χ2n) is 7.73. The van der Waals surface area contributed by atoms with Gasteiger partial charge >= 0.3 is 0 Å². The zero-order chi connectivity index (χ0) is 19.2. The number of aromatic nitrogens is 4. The molecule has 0 aromatic carbocycles. The molecule has 2 N–H and O–H groups in total. The lowest BCUT2D eigenvalue weighted by atomic mass is 10.0. The van der Waals surface area contributed by atoms with Gasteiger partial charge in [-0.05, 0) is 50.8 Å². The highest BCUT2D eigenvalue weighted by atomic mass is 16.2. The van der Waals surface area contributed by atoms with Crippen LogP contribution in [0.15, 0.2) is 30.6 Å². The molecule has 2 aliphatic rings. The Labute approximate surface area is 165 Å². The van der Waals surface area contributed by atoms with Gasteiger partial charge in [0.05, 0.1) is 6.20 Å². The molecular formula is C20H29N7O. The van der Waals surface area contributed by atoms with Crippen LogP contribution in [0.1, 0.15) is 49.0 Å². The summed E-state index contributed by atoms with van der Waals surface area (Å²) in [5.74, 6) is 0.876. The van der Waals surface area contributed by atoms with E-state index in [-0.39, 0.29) is 5.91 Å². The van der Waals surface area contributed by atoms with Gasteiger partial charge in [-0.3, -0.25) is 9.48 Å². The lowest BCUT2D eigenvalue weighted by molar-refractivity contribution is 0.0712. The van der Waals surface area contributed by atoms with Crippen molar-refractivity contribution in [2.24, 2.45) is 0 Å². The van der Waals surface area contributed by atoms with Gasteiger partial charge in [0.1, 0.15) is 5.82 Å². The van der Waals surface area contributed by atoms with Crippen molar-refractivity contribution >= 4 is 11.7 Å². The number of hydrogen-bond acceptors (Lipinski definition) is 6. The molecule has 0 saturated carbocycles. The van der Waals surface area contributed by atoms with E-state index in [9.17, 15) is 4.79 Å². The molecule has 0 unspecified atom stereocenters. The molecule has 2 aromatic heterocycles. The summed E-state index contributed by atoms with van der Waals surface area (Å²) in [6.45, 7) is 3.36. The summed E-state index contributed by atoms with van der Waals surface area (Å²) >= 11 is 0. The Hall–Kier alpha value is -2.48. The van der Waals surface area contributed by atoms with E-state index in [0.717, 1.165) is 51.3 Å². The van der Waals surface area contributed by atoms with Crippen LogP contribution in [-0.4, -0.2) is 62.5 Å². The monoisotopic (exact) mass is 383 g/mol. The van der Waals surface area contributed by atoms with Crippen LogP contribution in [-0.2, 0) is 6.54 Å². The average molecular weight is 384 g/mol. The Balaban J connectivity index is 1.24. The summed E-state index contributed by atoms with van der Waals surface area (Å²) in [6.07, 6.45) is 10.2. The van der Waals surface area contributed by atoms with Crippen LogP contribution in [0.4, 0.5) is 5.82 Å². The zero-order valence-corrected chi connectivity index (χ0v) is 16.3. The molecular weight excluding hydrogens is 354 g/mol. The fourth-order valence-corrected chi connectivity index (χ4v) is 4.01. The number of likely N-dealkylation sites (tertiary alicyclic amines) is 1. The molecule has 2 aromatic rings. The molecule has 1 amide bonds.